The number of aldehydes is 1. The third kappa shape index (κ3) is 9.37. The molecule has 0 aromatic heterocycles. The maximum absolute atomic E-state index is 11.9. The van der Waals surface area contributed by atoms with Gasteiger partial charge in [0.2, 0.25) is 0 Å². The number of unbranched alkanes of at least 4 members (excludes halogenated alkanes) is 2. The Hall–Kier alpha value is -2.55. The van der Waals surface area contributed by atoms with E-state index < -0.39 is 0 Å². The molecule has 0 saturated carbocycles. The van der Waals surface area contributed by atoms with Crippen LogP contribution in [0.25, 0.3) is 12.2 Å². The number of carbonyl (C=O) groups excluding carboxylic acids is 1. The lowest BCUT2D eigenvalue weighted by Gasteiger charge is -2.20. The van der Waals surface area contributed by atoms with Crippen LogP contribution in [-0.4, -0.2) is 19.5 Å². The van der Waals surface area contributed by atoms with Gasteiger partial charge in [0, 0.05) is 5.56 Å². The number of ether oxygens (including phenoxy) is 2. The van der Waals surface area contributed by atoms with Crippen molar-refractivity contribution in [2.45, 2.75) is 79.1 Å². The molecule has 2 aromatic carbocycles. The van der Waals surface area contributed by atoms with Crippen LogP contribution in [-0.2, 0) is 0 Å². The van der Waals surface area contributed by atoms with Crippen molar-refractivity contribution in [1.82, 2.24) is 0 Å². The Morgan fingerprint density at radius 1 is 0.735 bits per heavy atom. The highest BCUT2D eigenvalue weighted by Crippen LogP contribution is 2.31. The van der Waals surface area contributed by atoms with E-state index in [2.05, 4.69) is 52.0 Å². The summed E-state index contributed by atoms with van der Waals surface area (Å²) in [5, 5.41) is 0. The van der Waals surface area contributed by atoms with Crippen molar-refractivity contribution in [3.63, 3.8) is 0 Å². The lowest BCUT2D eigenvalue weighted by atomic mass is 10.00. The van der Waals surface area contributed by atoms with Gasteiger partial charge in [-0.15, -0.1) is 0 Å². The molecule has 0 radical (unpaired) electrons. The van der Waals surface area contributed by atoms with E-state index in [1.54, 1.807) is 0 Å². The predicted octanol–water partition coefficient (Wildman–Crippen LogP) is 8.86. The monoisotopic (exact) mass is 464 g/mol. The highest BCUT2D eigenvalue weighted by Gasteiger charge is 2.15. The largest absolute Gasteiger partial charge is 0.493 e. The van der Waals surface area contributed by atoms with E-state index in [1.807, 2.05) is 30.3 Å². The van der Waals surface area contributed by atoms with E-state index in [1.165, 1.54) is 32.1 Å². The average molecular weight is 465 g/mol. The van der Waals surface area contributed by atoms with Crippen LogP contribution in [0.4, 0.5) is 0 Å². The summed E-state index contributed by atoms with van der Waals surface area (Å²) in [6, 6.07) is 14.0. The van der Waals surface area contributed by atoms with E-state index in [4.69, 9.17) is 9.47 Å². The topological polar surface area (TPSA) is 35.5 Å². The molecule has 0 unspecified atom stereocenters. The number of hydrogen-bond donors (Lipinski definition) is 0. The van der Waals surface area contributed by atoms with Crippen LogP contribution >= 0.6 is 0 Å². The highest BCUT2D eigenvalue weighted by molar-refractivity contribution is 5.83. The molecular formula is C31H44O3. The zero-order chi connectivity index (χ0) is 24.6. The fourth-order valence-electron chi connectivity index (χ4n) is 4.03. The van der Waals surface area contributed by atoms with Crippen LogP contribution < -0.4 is 9.47 Å². The minimum absolute atomic E-state index is 0.502. The summed E-state index contributed by atoms with van der Waals surface area (Å²) in [5.41, 5.74) is 2.62. The molecule has 0 heterocycles. The number of rotatable bonds is 17. The zero-order valence-electron chi connectivity index (χ0n) is 21.7. The van der Waals surface area contributed by atoms with Crippen molar-refractivity contribution in [2.24, 2.45) is 11.8 Å². The lowest BCUT2D eigenvalue weighted by molar-refractivity contribution is 0.111. The van der Waals surface area contributed by atoms with E-state index in [0.29, 0.717) is 36.4 Å². The third-order valence-corrected chi connectivity index (χ3v) is 6.56. The second-order valence-electron chi connectivity index (χ2n) is 9.24. The summed E-state index contributed by atoms with van der Waals surface area (Å²) in [4.78, 5) is 11.9. The van der Waals surface area contributed by atoms with Crippen LogP contribution in [0.2, 0.25) is 0 Å². The first-order chi connectivity index (χ1) is 16.6. The third-order valence-electron chi connectivity index (χ3n) is 6.56. The molecule has 0 amide bonds. The normalized spacial score (nSPS) is 13.1. The second kappa shape index (κ2) is 16.1. The van der Waals surface area contributed by atoms with Crippen molar-refractivity contribution in [3.05, 3.63) is 59.2 Å². The van der Waals surface area contributed by atoms with Gasteiger partial charge in [0.1, 0.15) is 11.5 Å². The first-order valence-electron chi connectivity index (χ1n) is 13.3. The maximum Gasteiger partial charge on any atom is 0.153 e. The van der Waals surface area contributed by atoms with E-state index in [0.717, 1.165) is 42.4 Å². The predicted molar refractivity (Wildman–Crippen MR) is 145 cm³/mol. The molecule has 3 nitrogen and oxygen atoms in total. The van der Waals surface area contributed by atoms with Gasteiger partial charge in [-0.1, -0.05) is 109 Å². The molecule has 0 aliphatic carbocycles. The summed E-state index contributed by atoms with van der Waals surface area (Å²) in [6.45, 7) is 10.2. The average Bonchev–Trinajstić information content (AvgIpc) is 2.88. The summed E-state index contributed by atoms with van der Waals surface area (Å²) >= 11 is 0. The fraction of sp³-hybridized carbons (Fsp3) is 0.516. The Morgan fingerprint density at radius 3 is 1.76 bits per heavy atom. The van der Waals surface area contributed by atoms with Gasteiger partial charge in [-0.2, -0.15) is 0 Å². The first kappa shape index (κ1) is 27.7. The van der Waals surface area contributed by atoms with Gasteiger partial charge in [0.05, 0.1) is 18.8 Å². The minimum atomic E-state index is 0.502. The van der Waals surface area contributed by atoms with Gasteiger partial charge >= 0.3 is 0 Å². The quantitative estimate of drug-likeness (QED) is 0.173. The fourth-order valence-corrected chi connectivity index (χ4v) is 4.03. The maximum atomic E-state index is 11.9. The Balaban J connectivity index is 2.29. The smallest absolute Gasteiger partial charge is 0.153 e. The molecule has 186 valence electrons. The summed E-state index contributed by atoms with van der Waals surface area (Å²) in [7, 11) is 0. The van der Waals surface area contributed by atoms with Crippen LogP contribution in [0.15, 0.2) is 42.5 Å². The summed E-state index contributed by atoms with van der Waals surface area (Å²) in [6.07, 6.45) is 14.3. The van der Waals surface area contributed by atoms with Crippen LogP contribution in [0.3, 0.4) is 0 Å². The van der Waals surface area contributed by atoms with Crippen LogP contribution in [0.5, 0.6) is 11.5 Å². The SMILES string of the molecule is CCCC[C@@H](CC)COc1cc(/C=C/c2ccccc2)c(OC[C@@H](CC)CCCC)cc1C=O. The van der Waals surface area contributed by atoms with Crippen molar-refractivity contribution < 1.29 is 14.3 Å². The molecule has 2 rings (SSSR count). The van der Waals surface area contributed by atoms with Gasteiger partial charge in [-0.05, 0) is 42.4 Å². The van der Waals surface area contributed by atoms with E-state index in [-0.39, 0.29) is 0 Å². The molecule has 2 aromatic rings. The molecule has 0 N–H and O–H groups in total. The van der Waals surface area contributed by atoms with E-state index in [9.17, 15) is 4.79 Å². The van der Waals surface area contributed by atoms with Gasteiger partial charge in [-0.25, -0.2) is 0 Å². The molecule has 34 heavy (non-hydrogen) atoms. The minimum Gasteiger partial charge on any atom is -0.493 e. The summed E-state index contributed by atoms with van der Waals surface area (Å²) in [5.74, 6) is 2.41. The Labute approximate surface area is 207 Å². The summed E-state index contributed by atoms with van der Waals surface area (Å²) < 4.78 is 12.5. The number of hydrogen-bond acceptors (Lipinski definition) is 3. The zero-order valence-corrected chi connectivity index (χ0v) is 21.7. The molecule has 0 fully saturated rings. The molecule has 0 aliphatic rings. The van der Waals surface area contributed by atoms with Crippen LogP contribution in [0, 0.1) is 11.8 Å². The van der Waals surface area contributed by atoms with Crippen molar-refractivity contribution in [2.75, 3.05) is 13.2 Å². The molecule has 0 bridgehead atoms. The van der Waals surface area contributed by atoms with Crippen molar-refractivity contribution >= 4 is 18.4 Å². The molecule has 3 heteroatoms. The Kier molecular flexibility index (Phi) is 13.1. The lowest BCUT2D eigenvalue weighted by Crippen LogP contribution is -2.13. The molecular weight excluding hydrogens is 420 g/mol. The number of benzene rings is 2. The second-order valence-corrected chi connectivity index (χ2v) is 9.24. The van der Waals surface area contributed by atoms with Crippen LogP contribution in [0.1, 0.15) is 101 Å². The Morgan fingerprint density at radius 2 is 1.26 bits per heavy atom. The number of carbonyl (C=O) groups is 1. The highest BCUT2D eigenvalue weighted by atomic mass is 16.5. The van der Waals surface area contributed by atoms with E-state index >= 15 is 0 Å². The van der Waals surface area contributed by atoms with Gasteiger partial charge in [0.15, 0.2) is 6.29 Å². The molecule has 0 aliphatic heterocycles. The molecule has 0 saturated heterocycles. The van der Waals surface area contributed by atoms with Gasteiger partial charge in [-0.3, -0.25) is 4.79 Å². The first-order valence-corrected chi connectivity index (χ1v) is 13.3. The van der Waals surface area contributed by atoms with Gasteiger partial charge < -0.3 is 9.47 Å². The molecule has 0 spiro atoms. The van der Waals surface area contributed by atoms with Gasteiger partial charge in [0.25, 0.3) is 0 Å². The van der Waals surface area contributed by atoms with Crippen molar-refractivity contribution in [1.29, 1.82) is 0 Å². The van der Waals surface area contributed by atoms with Crippen molar-refractivity contribution in [3.8, 4) is 11.5 Å². The standard InChI is InChI=1S/C31H44O3/c1-5-9-14-25(7-3)23-33-30-21-29(22-32)31(34-24-26(8-4)15-10-6-2)20-28(30)19-18-27-16-12-11-13-17-27/h11-13,16-22,25-26H,5-10,14-15,23-24H2,1-4H3/b19-18+/t25-,26+/m0/s1. The molecule has 2 atom stereocenters. The Bertz CT molecular complexity index is 856.